The number of hydrogen-bond donors (Lipinski definition) is 3. The molecule has 8 nitrogen and oxygen atoms in total. The molecule has 3 N–H and O–H groups in total. The predicted octanol–water partition coefficient (Wildman–Crippen LogP) is 4.12. The van der Waals surface area contributed by atoms with Gasteiger partial charge in [0, 0.05) is 17.7 Å². The summed E-state index contributed by atoms with van der Waals surface area (Å²) >= 11 is 0. The van der Waals surface area contributed by atoms with E-state index < -0.39 is 6.04 Å². The van der Waals surface area contributed by atoms with Gasteiger partial charge in [0.15, 0.2) is 11.5 Å². The highest BCUT2D eigenvalue weighted by atomic mass is 16.5. The van der Waals surface area contributed by atoms with Crippen molar-refractivity contribution in [2.45, 2.75) is 39.7 Å². The maximum absolute atomic E-state index is 13.3. The normalized spacial score (nSPS) is 15.0. The van der Waals surface area contributed by atoms with Crippen LogP contribution in [-0.4, -0.2) is 58.1 Å². The van der Waals surface area contributed by atoms with Gasteiger partial charge in [-0.1, -0.05) is 25.5 Å². The van der Waals surface area contributed by atoms with Crippen molar-refractivity contribution in [1.82, 2.24) is 15.1 Å². The van der Waals surface area contributed by atoms with E-state index in [2.05, 4.69) is 17.1 Å². The second-order valence-electron chi connectivity index (χ2n) is 8.57. The summed E-state index contributed by atoms with van der Waals surface area (Å²) < 4.78 is 11.5. The molecular formula is C26H31N3O5. The number of phenols is 1. The van der Waals surface area contributed by atoms with Gasteiger partial charge in [-0.2, -0.15) is 5.10 Å². The number of aromatic hydroxyl groups is 1. The molecule has 34 heavy (non-hydrogen) atoms. The van der Waals surface area contributed by atoms with Crippen LogP contribution in [0.25, 0.3) is 11.3 Å². The minimum absolute atomic E-state index is 0.107. The van der Waals surface area contributed by atoms with Gasteiger partial charge in [-0.25, -0.2) is 0 Å². The van der Waals surface area contributed by atoms with Gasteiger partial charge in [-0.3, -0.25) is 9.89 Å². The van der Waals surface area contributed by atoms with Crippen LogP contribution in [0.15, 0.2) is 30.3 Å². The van der Waals surface area contributed by atoms with Gasteiger partial charge < -0.3 is 24.6 Å². The number of carbonyl (C=O) groups excluding carboxylic acids is 1. The van der Waals surface area contributed by atoms with E-state index in [1.807, 2.05) is 38.1 Å². The Balaban J connectivity index is 1.84. The zero-order chi connectivity index (χ0) is 24.4. The number of aliphatic hydroxyl groups excluding tert-OH is 1. The smallest absolute Gasteiger partial charge is 0.273 e. The fourth-order valence-electron chi connectivity index (χ4n) is 4.63. The number of aromatic nitrogens is 2. The Bertz CT molecular complexity index is 1180. The highest BCUT2D eigenvalue weighted by molar-refractivity contribution is 6.00. The number of fused-ring (bicyclic) bond motifs is 1. The number of ether oxygens (including phenoxy) is 2. The number of phenolic OH excluding ortho intramolecular Hbond substituents is 1. The number of benzene rings is 2. The molecule has 1 aliphatic rings. The maximum Gasteiger partial charge on any atom is 0.273 e. The summed E-state index contributed by atoms with van der Waals surface area (Å²) in [6.45, 7) is 6.49. The number of unbranched alkanes of at least 4 members (excludes halogenated alkanes) is 1. The second-order valence-corrected chi connectivity index (χ2v) is 8.57. The van der Waals surface area contributed by atoms with E-state index in [1.54, 1.807) is 18.1 Å². The fraction of sp³-hybridized carbons (Fsp3) is 0.385. The molecule has 3 aromatic rings. The minimum Gasteiger partial charge on any atom is -0.507 e. The van der Waals surface area contributed by atoms with Crippen LogP contribution >= 0.6 is 0 Å². The van der Waals surface area contributed by atoms with E-state index in [9.17, 15) is 15.0 Å². The lowest BCUT2D eigenvalue weighted by Crippen LogP contribution is -2.32. The third kappa shape index (κ3) is 4.09. The summed E-state index contributed by atoms with van der Waals surface area (Å²) in [4.78, 5) is 14.9. The van der Waals surface area contributed by atoms with Gasteiger partial charge in [0.05, 0.1) is 26.4 Å². The van der Waals surface area contributed by atoms with E-state index >= 15 is 0 Å². The Kier molecular flexibility index (Phi) is 6.79. The summed E-state index contributed by atoms with van der Waals surface area (Å²) in [6, 6.07) is 8.75. The van der Waals surface area contributed by atoms with E-state index in [1.165, 1.54) is 0 Å². The fourth-order valence-corrected chi connectivity index (χ4v) is 4.63. The van der Waals surface area contributed by atoms with E-state index in [-0.39, 0.29) is 24.8 Å². The standard InChI is InChI=1S/C26H31N3O5/c1-5-6-11-34-19-8-7-17(14-20(19)33-4)25-22-23(21-16(3)12-15(2)13-18(21)31)27-28-24(22)26(32)29(25)9-10-30/h7-8,12-14,25,30-31H,5-6,9-11H2,1-4H3,(H,27,28)/t25-/m1/s1. The highest BCUT2D eigenvalue weighted by Gasteiger charge is 2.42. The number of H-pyrrole nitrogens is 1. The van der Waals surface area contributed by atoms with Gasteiger partial charge in [0.1, 0.15) is 17.1 Å². The molecule has 2 aromatic carbocycles. The molecule has 1 aliphatic heterocycles. The number of aromatic amines is 1. The summed E-state index contributed by atoms with van der Waals surface area (Å²) in [5, 5.41) is 27.8. The first-order chi connectivity index (χ1) is 16.4. The van der Waals surface area contributed by atoms with E-state index in [0.29, 0.717) is 40.6 Å². The minimum atomic E-state index is -0.512. The molecule has 8 heteroatoms. The number of aryl methyl sites for hydroxylation is 2. The van der Waals surface area contributed by atoms with Gasteiger partial charge in [0.25, 0.3) is 5.91 Å². The lowest BCUT2D eigenvalue weighted by Gasteiger charge is -2.26. The molecule has 0 aliphatic carbocycles. The molecule has 1 amide bonds. The number of aliphatic hydroxyl groups is 1. The number of hydrogen-bond acceptors (Lipinski definition) is 6. The summed E-state index contributed by atoms with van der Waals surface area (Å²) in [5.41, 5.74) is 4.72. The average molecular weight is 466 g/mol. The number of nitrogens with zero attached hydrogens (tertiary/aromatic N) is 2. The first-order valence-corrected chi connectivity index (χ1v) is 11.5. The first kappa shape index (κ1) is 23.6. The van der Waals surface area contributed by atoms with Gasteiger partial charge >= 0.3 is 0 Å². The Morgan fingerprint density at radius 1 is 1.18 bits per heavy atom. The monoisotopic (exact) mass is 465 g/mol. The summed E-state index contributed by atoms with van der Waals surface area (Å²) in [7, 11) is 1.58. The number of nitrogens with one attached hydrogen (secondary N) is 1. The lowest BCUT2D eigenvalue weighted by molar-refractivity contribution is 0.0706. The quantitative estimate of drug-likeness (QED) is 0.410. The van der Waals surface area contributed by atoms with Crippen LogP contribution < -0.4 is 9.47 Å². The molecular weight excluding hydrogens is 434 g/mol. The van der Waals surface area contributed by atoms with Crippen molar-refractivity contribution in [3.8, 4) is 28.5 Å². The van der Waals surface area contributed by atoms with Crippen LogP contribution in [0.3, 0.4) is 0 Å². The third-order valence-electron chi connectivity index (χ3n) is 6.16. The number of rotatable bonds is 9. The molecule has 4 rings (SSSR count). The van der Waals surface area contributed by atoms with E-state index in [0.717, 1.165) is 29.5 Å². The molecule has 0 radical (unpaired) electrons. The van der Waals surface area contributed by atoms with Crippen molar-refractivity contribution in [3.05, 3.63) is 58.3 Å². The van der Waals surface area contributed by atoms with Crippen LogP contribution in [-0.2, 0) is 0 Å². The Hall–Kier alpha value is -3.52. The van der Waals surface area contributed by atoms with Gasteiger partial charge in [-0.15, -0.1) is 0 Å². The first-order valence-electron chi connectivity index (χ1n) is 11.5. The van der Waals surface area contributed by atoms with Gasteiger partial charge in [0.2, 0.25) is 0 Å². The SMILES string of the molecule is CCCCOc1ccc([C@@H]2c3c(-c4c(C)cc(C)cc4O)n[nH]c3C(=O)N2CCO)cc1OC. The Labute approximate surface area is 199 Å². The lowest BCUT2D eigenvalue weighted by atomic mass is 9.93. The van der Waals surface area contributed by atoms with E-state index in [4.69, 9.17) is 9.47 Å². The number of carbonyl (C=O) groups is 1. The second kappa shape index (κ2) is 9.77. The van der Waals surface area contributed by atoms with Crippen LogP contribution in [0.2, 0.25) is 0 Å². The molecule has 0 fully saturated rings. The number of methoxy groups -OCH3 is 1. The van der Waals surface area contributed by atoms with Gasteiger partial charge in [-0.05, 0) is 55.2 Å². The van der Waals surface area contributed by atoms with Crippen LogP contribution in [0.1, 0.15) is 58.5 Å². The summed E-state index contributed by atoms with van der Waals surface area (Å²) in [6.07, 6.45) is 1.96. The zero-order valence-electron chi connectivity index (χ0n) is 20.0. The molecule has 0 saturated heterocycles. The molecule has 0 unspecified atom stereocenters. The topological polar surface area (TPSA) is 108 Å². The maximum atomic E-state index is 13.3. The average Bonchev–Trinajstić information content (AvgIpc) is 3.33. The van der Waals surface area contributed by atoms with Crippen LogP contribution in [0.5, 0.6) is 17.2 Å². The molecule has 0 spiro atoms. The van der Waals surface area contributed by atoms with Crippen LogP contribution in [0, 0.1) is 13.8 Å². The molecule has 0 bridgehead atoms. The van der Waals surface area contributed by atoms with Crippen molar-refractivity contribution in [2.24, 2.45) is 0 Å². The molecule has 1 aromatic heterocycles. The number of amides is 1. The molecule has 1 atom stereocenters. The van der Waals surface area contributed by atoms with Crippen molar-refractivity contribution < 1.29 is 24.5 Å². The van der Waals surface area contributed by atoms with Crippen molar-refractivity contribution in [3.63, 3.8) is 0 Å². The Morgan fingerprint density at radius 2 is 1.97 bits per heavy atom. The molecule has 2 heterocycles. The summed E-state index contributed by atoms with van der Waals surface area (Å²) in [5.74, 6) is 1.06. The highest BCUT2D eigenvalue weighted by Crippen LogP contribution is 2.46. The Morgan fingerprint density at radius 3 is 2.65 bits per heavy atom. The third-order valence-corrected chi connectivity index (χ3v) is 6.16. The van der Waals surface area contributed by atoms with Crippen molar-refractivity contribution in [2.75, 3.05) is 26.9 Å². The molecule has 180 valence electrons. The van der Waals surface area contributed by atoms with Crippen molar-refractivity contribution in [1.29, 1.82) is 0 Å². The zero-order valence-corrected chi connectivity index (χ0v) is 20.0. The largest absolute Gasteiger partial charge is 0.507 e. The molecule has 0 saturated carbocycles. The van der Waals surface area contributed by atoms with Crippen molar-refractivity contribution >= 4 is 5.91 Å². The number of β-amino-alcohol motifs (C(OH)–C–C–N with tert-alkyl or cyclic N) is 1. The predicted molar refractivity (Wildman–Crippen MR) is 129 cm³/mol. The van der Waals surface area contributed by atoms with Crippen LogP contribution in [0.4, 0.5) is 0 Å².